The third-order valence-corrected chi connectivity index (χ3v) is 7.73. The van der Waals surface area contributed by atoms with E-state index < -0.39 is 10.0 Å². The number of nitrogens with one attached hydrogen (secondary N) is 1. The Balaban J connectivity index is 1.63. The average molecular weight is 374 g/mol. The maximum absolute atomic E-state index is 12.6. The smallest absolute Gasteiger partial charge is 0.252 e. The van der Waals surface area contributed by atoms with Gasteiger partial charge in [0.15, 0.2) is 0 Å². The quantitative estimate of drug-likeness (QED) is 0.757. The number of fused-ring (bicyclic) bond motifs is 1. The number of sulfonamides is 1. The van der Waals surface area contributed by atoms with Crippen molar-refractivity contribution < 1.29 is 13.2 Å². The van der Waals surface area contributed by atoms with Gasteiger partial charge in [-0.2, -0.15) is 4.31 Å². The lowest BCUT2D eigenvalue weighted by Gasteiger charge is -2.25. The summed E-state index contributed by atoms with van der Waals surface area (Å²) in [5, 5.41) is 2.89. The van der Waals surface area contributed by atoms with Crippen LogP contribution in [0.3, 0.4) is 0 Å². The summed E-state index contributed by atoms with van der Waals surface area (Å²) in [7, 11) is -1.73. The predicted molar refractivity (Wildman–Crippen MR) is 101 cm³/mol. The number of benzene rings is 1. The van der Waals surface area contributed by atoms with Crippen molar-refractivity contribution in [1.29, 1.82) is 0 Å². The number of methoxy groups -OCH3 is 1. The average Bonchev–Trinajstić information content (AvgIpc) is 3.31. The summed E-state index contributed by atoms with van der Waals surface area (Å²) >= 11 is 1.26. The molecule has 2 aromatic heterocycles. The Morgan fingerprint density at radius 1 is 1.28 bits per heavy atom. The number of nitrogens with zero attached hydrogens (tertiary/aromatic N) is 1. The van der Waals surface area contributed by atoms with E-state index in [4.69, 9.17) is 4.74 Å². The van der Waals surface area contributed by atoms with Gasteiger partial charge in [-0.1, -0.05) is 12.1 Å². The SMILES string of the molecule is COc1ccc2[nH]cc(C3=CCN(S(=O)(=O)c4cccs4)CC3)c2c1. The summed E-state index contributed by atoms with van der Waals surface area (Å²) < 4.78 is 32.5. The van der Waals surface area contributed by atoms with Crippen molar-refractivity contribution in [3.8, 4) is 5.75 Å². The molecule has 25 heavy (non-hydrogen) atoms. The van der Waals surface area contributed by atoms with Crippen molar-refractivity contribution >= 4 is 37.8 Å². The van der Waals surface area contributed by atoms with Crippen LogP contribution < -0.4 is 4.74 Å². The van der Waals surface area contributed by atoms with Crippen LogP contribution >= 0.6 is 11.3 Å². The highest BCUT2D eigenvalue weighted by molar-refractivity contribution is 7.91. The number of H-pyrrole nitrogens is 1. The number of hydrogen-bond donors (Lipinski definition) is 1. The molecule has 0 spiro atoms. The molecule has 130 valence electrons. The van der Waals surface area contributed by atoms with Crippen LogP contribution in [0, 0.1) is 0 Å². The van der Waals surface area contributed by atoms with E-state index in [-0.39, 0.29) is 0 Å². The lowest BCUT2D eigenvalue weighted by molar-refractivity contribution is 0.415. The zero-order chi connectivity index (χ0) is 17.4. The standard InChI is InChI=1S/C18H18N2O3S2/c1-23-14-4-5-17-15(11-14)16(12-19-17)13-6-8-20(9-7-13)25(21,22)18-3-2-10-24-18/h2-6,10-12,19H,7-9H2,1H3. The molecule has 0 unspecified atom stereocenters. The van der Waals surface area contributed by atoms with Crippen LogP contribution in [0.25, 0.3) is 16.5 Å². The number of ether oxygens (including phenoxy) is 1. The topological polar surface area (TPSA) is 62.4 Å². The fourth-order valence-corrected chi connectivity index (χ4v) is 5.67. The van der Waals surface area contributed by atoms with Crippen molar-refractivity contribution in [3.05, 3.63) is 53.5 Å². The molecule has 0 saturated heterocycles. The second-order valence-corrected chi connectivity index (χ2v) is 9.00. The highest BCUT2D eigenvalue weighted by atomic mass is 32.2. The number of rotatable bonds is 4. The molecule has 5 nitrogen and oxygen atoms in total. The molecule has 0 aliphatic carbocycles. The van der Waals surface area contributed by atoms with Gasteiger partial charge in [-0.25, -0.2) is 8.42 Å². The maximum atomic E-state index is 12.6. The molecular weight excluding hydrogens is 356 g/mol. The maximum Gasteiger partial charge on any atom is 0.252 e. The first-order valence-electron chi connectivity index (χ1n) is 7.98. The van der Waals surface area contributed by atoms with E-state index in [0.29, 0.717) is 23.7 Å². The molecule has 3 aromatic rings. The molecule has 1 aromatic carbocycles. The van der Waals surface area contributed by atoms with Crippen molar-refractivity contribution in [1.82, 2.24) is 9.29 Å². The lowest BCUT2D eigenvalue weighted by atomic mass is 9.99. The first kappa shape index (κ1) is 16.4. The van der Waals surface area contributed by atoms with E-state index in [1.807, 2.05) is 30.5 Å². The number of hydrogen-bond acceptors (Lipinski definition) is 4. The van der Waals surface area contributed by atoms with Crippen LogP contribution in [-0.2, 0) is 10.0 Å². The van der Waals surface area contributed by atoms with Gasteiger partial charge in [-0.15, -0.1) is 11.3 Å². The fourth-order valence-electron chi connectivity index (χ4n) is 3.14. The molecule has 1 aliphatic rings. The predicted octanol–water partition coefficient (Wildman–Crippen LogP) is 3.72. The Hall–Kier alpha value is -2.09. The molecule has 0 radical (unpaired) electrons. The van der Waals surface area contributed by atoms with Gasteiger partial charge in [-0.3, -0.25) is 0 Å². The molecule has 1 N–H and O–H groups in total. The first-order chi connectivity index (χ1) is 12.1. The van der Waals surface area contributed by atoms with Crippen LogP contribution in [0.2, 0.25) is 0 Å². The van der Waals surface area contributed by atoms with Crippen LogP contribution in [0.4, 0.5) is 0 Å². The molecule has 7 heteroatoms. The van der Waals surface area contributed by atoms with Gasteiger partial charge in [0.05, 0.1) is 7.11 Å². The Morgan fingerprint density at radius 3 is 2.84 bits per heavy atom. The summed E-state index contributed by atoms with van der Waals surface area (Å²) in [6.45, 7) is 0.884. The second kappa shape index (κ2) is 6.33. The summed E-state index contributed by atoms with van der Waals surface area (Å²) in [6, 6.07) is 9.35. The largest absolute Gasteiger partial charge is 0.497 e. The van der Waals surface area contributed by atoms with Gasteiger partial charge in [-0.05, 0) is 41.6 Å². The summed E-state index contributed by atoms with van der Waals surface area (Å²) in [6.07, 6.45) is 4.69. The highest BCUT2D eigenvalue weighted by Gasteiger charge is 2.27. The van der Waals surface area contributed by atoms with Gasteiger partial charge < -0.3 is 9.72 Å². The van der Waals surface area contributed by atoms with Crippen LogP contribution in [0.1, 0.15) is 12.0 Å². The minimum Gasteiger partial charge on any atom is -0.497 e. The monoisotopic (exact) mass is 374 g/mol. The van der Waals surface area contributed by atoms with E-state index >= 15 is 0 Å². The van der Waals surface area contributed by atoms with Gasteiger partial charge in [0.1, 0.15) is 9.96 Å². The van der Waals surface area contributed by atoms with Crippen LogP contribution in [0.5, 0.6) is 5.75 Å². The van der Waals surface area contributed by atoms with Gasteiger partial charge in [0.25, 0.3) is 10.0 Å². The molecular formula is C18H18N2O3S2. The second-order valence-electron chi connectivity index (χ2n) is 5.89. The molecule has 0 atom stereocenters. The number of thiophene rings is 1. The zero-order valence-electron chi connectivity index (χ0n) is 13.7. The number of aromatic amines is 1. The van der Waals surface area contributed by atoms with Gasteiger partial charge >= 0.3 is 0 Å². The minimum absolute atomic E-state index is 0.395. The van der Waals surface area contributed by atoms with E-state index in [1.54, 1.807) is 24.6 Å². The van der Waals surface area contributed by atoms with E-state index in [9.17, 15) is 8.42 Å². The molecule has 3 heterocycles. The highest BCUT2D eigenvalue weighted by Crippen LogP contribution is 2.33. The molecule has 4 rings (SSSR count). The molecule has 0 bridgehead atoms. The van der Waals surface area contributed by atoms with Gasteiger partial charge in [0, 0.05) is 35.8 Å². The molecule has 0 amide bonds. The third-order valence-electron chi connectivity index (χ3n) is 4.50. The van der Waals surface area contributed by atoms with Crippen molar-refractivity contribution in [3.63, 3.8) is 0 Å². The summed E-state index contributed by atoms with van der Waals surface area (Å²) in [4.78, 5) is 3.27. The lowest BCUT2D eigenvalue weighted by Crippen LogP contribution is -2.34. The van der Waals surface area contributed by atoms with Gasteiger partial charge in [0.2, 0.25) is 0 Å². The first-order valence-corrected chi connectivity index (χ1v) is 10.3. The normalized spacial score (nSPS) is 16.1. The third kappa shape index (κ3) is 2.88. The van der Waals surface area contributed by atoms with Crippen LogP contribution in [0.15, 0.2) is 52.2 Å². The number of aromatic nitrogens is 1. The Kier molecular flexibility index (Phi) is 4.15. The Bertz CT molecular complexity index is 1030. The zero-order valence-corrected chi connectivity index (χ0v) is 15.4. The minimum atomic E-state index is -3.38. The van der Waals surface area contributed by atoms with E-state index in [0.717, 1.165) is 27.8 Å². The summed E-state index contributed by atoms with van der Waals surface area (Å²) in [5.74, 6) is 0.812. The van der Waals surface area contributed by atoms with E-state index in [2.05, 4.69) is 4.98 Å². The molecule has 1 aliphatic heterocycles. The van der Waals surface area contributed by atoms with Crippen molar-refractivity contribution in [2.45, 2.75) is 10.6 Å². The molecule has 0 fully saturated rings. The van der Waals surface area contributed by atoms with Crippen molar-refractivity contribution in [2.24, 2.45) is 0 Å². The van der Waals surface area contributed by atoms with E-state index in [1.165, 1.54) is 15.6 Å². The van der Waals surface area contributed by atoms with Crippen molar-refractivity contribution in [2.75, 3.05) is 20.2 Å². The fraction of sp³-hybridized carbons (Fsp3) is 0.222. The Morgan fingerprint density at radius 2 is 2.16 bits per heavy atom. The Labute approximate surface area is 150 Å². The summed E-state index contributed by atoms with van der Waals surface area (Å²) in [5.41, 5.74) is 3.32. The van der Waals surface area contributed by atoms with Crippen LogP contribution in [-0.4, -0.2) is 37.9 Å². The molecule has 0 saturated carbocycles.